The van der Waals surface area contributed by atoms with E-state index in [1.807, 2.05) is 6.08 Å². The maximum Gasteiger partial charge on any atom is 0.305 e. The molecule has 6 heteroatoms. The molecule has 2 atom stereocenters. The topological polar surface area (TPSA) is 95.9 Å². The fourth-order valence-corrected chi connectivity index (χ4v) is 13.0. The molecule has 0 spiro atoms. The first-order valence-corrected chi connectivity index (χ1v) is 40.6. The Morgan fingerprint density at radius 2 is 0.534 bits per heavy atom. The van der Waals surface area contributed by atoms with E-state index in [-0.39, 0.29) is 18.5 Å². The van der Waals surface area contributed by atoms with Crippen LogP contribution in [-0.4, -0.2) is 47.4 Å². The van der Waals surface area contributed by atoms with Crippen molar-refractivity contribution >= 4 is 11.9 Å². The SMILES string of the molecule is CCCCCCCCCCCCCCCCC/C=C/C(O)C(CO)NC(=O)CCCCCCCCCCCCCCCCCCC/C=C\CCCCCCCCCCCCCCCCCCOC(=O)CCCCCCCCCCCCCCCCCCC. The minimum atomic E-state index is -0.842. The quantitative estimate of drug-likeness (QED) is 0.0320. The third-order valence-electron chi connectivity index (χ3n) is 19.2. The highest BCUT2D eigenvalue weighted by Gasteiger charge is 2.18. The van der Waals surface area contributed by atoms with E-state index >= 15 is 0 Å². The van der Waals surface area contributed by atoms with Crippen LogP contribution in [0.3, 0.4) is 0 Å². The van der Waals surface area contributed by atoms with Crippen molar-refractivity contribution in [2.75, 3.05) is 13.2 Å². The first-order chi connectivity index (χ1) is 43.5. The largest absolute Gasteiger partial charge is 0.466 e. The predicted octanol–water partition coefficient (Wildman–Crippen LogP) is 26.8. The van der Waals surface area contributed by atoms with Crippen LogP contribution >= 0.6 is 0 Å². The van der Waals surface area contributed by atoms with Gasteiger partial charge in [0.15, 0.2) is 0 Å². The van der Waals surface area contributed by atoms with Gasteiger partial charge in [-0.15, -0.1) is 0 Å². The van der Waals surface area contributed by atoms with Crippen molar-refractivity contribution in [3.05, 3.63) is 24.3 Å². The Morgan fingerprint density at radius 1 is 0.307 bits per heavy atom. The van der Waals surface area contributed by atoms with Gasteiger partial charge in [0.1, 0.15) is 0 Å². The molecule has 1 amide bonds. The second-order valence-corrected chi connectivity index (χ2v) is 28.1. The van der Waals surface area contributed by atoms with Crippen molar-refractivity contribution in [2.45, 2.75) is 475 Å². The summed E-state index contributed by atoms with van der Waals surface area (Å²) in [6, 6.07) is -0.625. The maximum atomic E-state index is 12.5. The van der Waals surface area contributed by atoms with Crippen molar-refractivity contribution in [2.24, 2.45) is 0 Å². The average molecular weight is 1240 g/mol. The molecule has 88 heavy (non-hydrogen) atoms. The maximum absolute atomic E-state index is 12.5. The normalized spacial score (nSPS) is 12.5. The molecule has 0 fully saturated rings. The summed E-state index contributed by atoms with van der Waals surface area (Å²) in [7, 11) is 0. The van der Waals surface area contributed by atoms with Crippen molar-refractivity contribution in [3.63, 3.8) is 0 Å². The summed E-state index contributed by atoms with van der Waals surface area (Å²) in [6.45, 7) is 4.96. The van der Waals surface area contributed by atoms with Crippen LogP contribution in [0.2, 0.25) is 0 Å². The Bertz CT molecular complexity index is 1380. The number of hydrogen-bond acceptors (Lipinski definition) is 5. The third-order valence-corrected chi connectivity index (χ3v) is 19.2. The minimum Gasteiger partial charge on any atom is -0.466 e. The number of aliphatic hydroxyl groups is 2. The highest BCUT2D eigenvalue weighted by molar-refractivity contribution is 5.76. The molecule has 0 bridgehead atoms. The van der Waals surface area contributed by atoms with Crippen molar-refractivity contribution in [1.29, 1.82) is 0 Å². The minimum absolute atomic E-state index is 0.0262. The summed E-state index contributed by atoms with van der Waals surface area (Å²) < 4.78 is 5.52. The molecule has 6 nitrogen and oxygen atoms in total. The van der Waals surface area contributed by atoms with Gasteiger partial charge in [-0.3, -0.25) is 9.59 Å². The number of rotatable bonds is 77. The lowest BCUT2D eigenvalue weighted by atomic mass is 10.0. The van der Waals surface area contributed by atoms with Gasteiger partial charge in [-0.1, -0.05) is 417 Å². The second kappa shape index (κ2) is 77.8. The van der Waals surface area contributed by atoms with Gasteiger partial charge in [-0.2, -0.15) is 0 Å². The lowest BCUT2D eigenvalue weighted by molar-refractivity contribution is -0.143. The van der Waals surface area contributed by atoms with Gasteiger partial charge in [0, 0.05) is 12.8 Å². The molecule has 0 saturated carbocycles. The highest BCUT2D eigenvalue weighted by Crippen LogP contribution is 2.20. The van der Waals surface area contributed by atoms with Gasteiger partial charge in [0.05, 0.1) is 25.4 Å². The summed E-state index contributed by atoms with van der Waals surface area (Å²) in [5, 5.41) is 23.2. The van der Waals surface area contributed by atoms with E-state index in [1.54, 1.807) is 6.08 Å². The molecule has 0 aromatic heterocycles. The van der Waals surface area contributed by atoms with Crippen LogP contribution in [-0.2, 0) is 14.3 Å². The Morgan fingerprint density at radius 3 is 0.807 bits per heavy atom. The molecule has 0 aliphatic rings. The smallest absolute Gasteiger partial charge is 0.305 e. The lowest BCUT2D eigenvalue weighted by Crippen LogP contribution is -2.45. The van der Waals surface area contributed by atoms with Crippen LogP contribution < -0.4 is 5.32 Å². The zero-order valence-corrected chi connectivity index (χ0v) is 60.0. The van der Waals surface area contributed by atoms with E-state index in [4.69, 9.17) is 4.74 Å². The van der Waals surface area contributed by atoms with Crippen molar-refractivity contribution in [3.8, 4) is 0 Å². The molecule has 0 aromatic rings. The Labute approximate surface area is 551 Å². The van der Waals surface area contributed by atoms with Crippen molar-refractivity contribution < 1.29 is 24.5 Å². The molecule has 0 rings (SSSR count). The Balaban J connectivity index is 3.33. The Hall–Kier alpha value is -1.66. The molecule has 522 valence electrons. The summed E-state index contributed by atoms with van der Waals surface area (Å²) in [5.41, 5.74) is 0. The molecule has 0 aromatic carbocycles. The number of amides is 1. The van der Waals surface area contributed by atoms with Gasteiger partial charge < -0.3 is 20.3 Å². The summed E-state index contributed by atoms with van der Waals surface area (Å²) >= 11 is 0. The fraction of sp³-hybridized carbons (Fsp3) is 0.927. The first kappa shape index (κ1) is 86.3. The highest BCUT2D eigenvalue weighted by atomic mass is 16.5. The molecule has 0 radical (unpaired) electrons. The van der Waals surface area contributed by atoms with Crippen LogP contribution in [0.25, 0.3) is 0 Å². The molecule has 0 aliphatic carbocycles. The standard InChI is InChI=1S/C82H159NO5/c1-3-5-7-9-11-13-15-17-19-42-46-50-54-58-62-66-70-74-80(85)79(78-84)83-81(86)75-71-67-63-59-55-51-47-44-40-38-36-34-32-30-28-26-24-22-21-23-25-27-29-31-33-35-37-39-41-45-49-53-57-61-65-69-73-77-88-82(87)76-72-68-64-60-56-52-48-43-20-18-16-14-12-10-8-6-4-2/h21,23,70,74,79-80,84-85H,3-20,22,24-69,71-73,75-78H2,1-2H3,(H,83,86)/b23-21-,74-70+. The number of aliphatic hydroxyl groups excluding tert-OH is 2. The van der Waals surface area contributed by atoms with E-state index in [1.165, 1.54) is 398 Å². The number of carbonyl (C=O) groups excluding carboxylic acids is 2. The fourth-order valence-electron chi connectivity index (χ4n) is 13.0. The lowest BCUT2D eigenvalue weighted by Gasteiger charge is -2.20. The summed E-state index contributed by atoms with van der Waals surface area (Å²) in [5.74, 6) is -0.0339. The number of unbranched alkanes of at least 4 members (excludes halogenated alkanes) is 64. The van der Waals surface area contributed by atoms with E-state index in [0.717, 1.165) is 38.5 Å². The van der Waals surface area contributed by atoms with Crippen LogP contribution in [0.1, 0.15) is 463 Å². The molecular weight excluding hydrogens is 1080 g/mol. The molecule has 0 heterocycles. The van der Waals surface area contributed by atoms with Gasteiger partial charge in [-0.25, -0.2) is 0 Å². The summed E-state index contributed by atoms with van der Waals surface area (Å²) in [4.78, 5) is 24.6. The first-order valence-electron chi connectivity index (χ1n) is 40.6. The zero-order valence-electron chi connectivity index (χ0n) is 60.0. The zero-order chi connectivity index (χ0) is 63.5. The number of allylic oxidation sites excluding steroid dienone is 3. The van der Waals surface area contributed by atoms with E-state index < -0.39 is 12.1 Å². The number of ether oxygens (including phenoxy) is 1. The van der Waals surface area contributed by atoms with Gasteiger partial charge in [0.25, 0.3) is 0 Å². The van der Waals surface area contributed by atoms with Gasteiger partial charge >= 0.3 is 5.97 Å². The number of hydrogen-bond donors (Lipinski definition) is 3. The molecule has 0 saturated heterocycles. The third kappa shape index (κ3) is 73.4. The van der Waals surface area contributed by atoms with Crippen molar-refractivity contribution in [1.82, 2.24) is 5.32 Å². The monoisotopic (exact) mass is 1240 g/mol. The molecule has 0 aliphatic heterocycles. The average Bonchev–Trinajstić information content (AvgIpc) is 3.58. The Kier molecular flexibility index (Phi) is 76.3. The molecule has 2 unspecified atom stereocenters. The van der Waals surface area contributed by atoms with E-state index in [0.29, 0.717) is 19.4 Å². The van der Waals surface area contributed by atoms with Crippen LogP contribution in [0.4, 0.5) is 0 Å². The number of carbonyl (C=O) groups is 2. The van der Waals surface area contributed by atoms with Crippen LogP contribution in [0.5, 0.6) is 0 Å². The van der Waals surface area contributed by atoms with Gasteiger partial charge in [-0.05, 0) is 57.8 Å². The van der Waals surface area contributed by atoms with Crippen LogP contribution in [0.15, 0.2) is 24.3 Å². The molecule has 3 N–H and O–H groups in total. The van der Waals surface area contributed by atoms with E-state index in [2.05, 4.69) is 31.3 Å². The van der Waals surface area contributed by atoms with Gasteiger partial charge in [0.2, 0.25) is 5.91 Å². The van der Waals surface area contributed by atoms with E-state index in [9.17, 15) is 19.8 Å². The predicted molar refractivity (Wildman–Crippen MR) is 389 cm³/mol. The van der Waals surface area contributed by atoms with Crippen LogP contribution in [0, 0.1) is 0 Å². The number of nitrogens with one attached hydrogen (secondary N) is 1. The molecular formula is C82H159NO5. The second-order valence-electron chi connectivity index (χ2n) is 28.1. The number of esters is 1. The summed E-state index contributed by atoms with van der Waals surface area (Å²) in [6.07, 6.45) is 100.